The number of hydrogen-bond donors (Lipinski definition) is 1. The summed E-state index contributed by atoms with van der Waals surface area (Å²) in [4.78, 5) is 0. The molecule has 1 N–H and O–H groups in total. The first kappa shape index (κ1) is 33.4. The first-order valence-corrected chi connectivity index (χ1v) is 16.8. The predicted octanol–water partition coefficient (Wildman–Crippen LogP) is 11.4. The molecular formula is C38H60BrN. The summed E-state index contributed by atoms with van der Waals surface area (Å²) in [6, 6.07) is 18.8. The third kappa shape index (κ3) is 5.88. The molecule has 0 saturated carbocycles. The maximum Gasteiger partial charge on any atom is 0.0407 e. The summed E-state index contributed by atoms with van der Waals surface area (Å²) in [6.07, 6.45) is 2.31. The van der Waals surface area contributed by atoms with Gasteiger partial charge >= 0.3 is 0 Å². The molecule has 1 aliphatic heterocycles. The van der Waals surface area contributed by atoms with E-state index in [-0.39, 0.29) is 32.7 Å². The van der Waals surface area contributed by atoms with Crippen molar-refractivity contribution >= 4 is 15.9 Å². The van der Waals surface area contributed by atoms with Crippen LogP contribution in [-0.4, -0.2) is 11.1 Å². The van der Waals surface area contributed by atoms with Gasteiger partial charge in [-0.05, 0) is 83.8 Å². The fraction of sp³-hybridized carbons (Fsp3) is 0.684. The van der Waals surface area contributed by atoms with Gasteiger partial charge in [0.15, 0.2) is 0 Å². The summed E-state index contributed by atoms with van der Waals surface area (Å²) in [5.41, 5.74) is 6.16. The van der Waals surface area contributed by atoms with Gasteiger partial charge in [0.1, 0.15) is 0 Å². The van der Waals surface area contributed by atoms with E-state index in [0.717, 1.165) is 11.8 Å². The average Bonchev–Trinajstić information content (AvgIpc) is 3.41. The lowest BCUT2D eigenvalue weighted by Crippen LogP contribution is -2.53. The molecule has 224 valence electrons. The summed E-state index contributed by atoms with van der Waals surface area (Å²) in [6.45, 7) is 34.4. The zero-order valence-corrected chi connectivity index (χ0v) is 29.9. The minimum Gasteiger partial charge on any atom is -0.302 e. The number of aryl methyl sites for hydroxylation is 1. The van der Waals surface area contributed by atoms with Crippen LogP contribution in [-0.2, 0) is 5.33 Å². The van der Waals surface area contributed by atoms with E-state index >= 15 is 0 Å². The fourth-order valence-electron chi connectivity index (χ4n) is 7.47. The lowest BCUT2D eigenvalue weighted by Gasteiger charge is -2.60. The first-order valence-electron chi connectivity index (χ1n) is 15.7. The molecule has 1 heterocycles. The van der Waals surface area contributed by atoms with Crippen molar-refractivity contribution in [3.8, 4) is 0 Å². The fourth-order valence-corrected chi connectivity index (χ4v) is 7.84. The van der Waals surface area contributed by atoms with Crippen LogP contribution >= 0.6 is 15.9 Å². The molecule has 0 amide bonds. The van der Waals surface area contributed by atoms with Gasteiger partial charge in [0.2, 0.25) is 0 Å². The number of alkyl halides is 1. The minimum atomic E-state index is 0.0469. The average molecular weight is 611 g/mol. The van der Waals surface area contributed by atoms with Crippen LogP contribution < -0.4 is 5.32 Å². The maximum absolute atomic E-state index is 4.15. The Hall–Kier alpha value is -1.12. The van der Waals surface area contributed by atoms with Gasteiger partial charge in [-0.2, -0.15) is 0 Å². The van der Waals surface area contributed by atoms with Crippen molar-refractivity contribution in [3.63, 3.8) is 0 Å². The maximum atomic E-state index is 4.15. The van der Waals surface area contributed by atoms with E-state index in [9.17, 15) is 0 Å². The van der Waals surface area contributed by atoms with Gasteiger partial charge in [0, 0.05) is 22.3 Å². The van der Waals surface area contributed by atoms with E-state index in [2.05, 4.69) is 167 Å². The third-order valence-corrected chi connectivity index (χ3v) is 13.2. The van der Waals surface area contributed by atoms with Crippen molar-refractivity contribution in [3.05, 3.63) is 70.8 Å². The van der Waals surface area contributed by atoms with Gasteiger partial charge in [-0.3, -0.25) is 0 Å². The smallest absolute Gasteiger partial charge is 0.0407 e. The van der Waals surface area contributed by atoms with Gasteiger partial charge in [0.05, 0.1) is 0 Å². The van der Waals surface area contributed by atoms with Crippen LogP contribution in [0.2, 0.25) is 0 Å². The Morgan fingerprint density at radius 1 is 0.750 bits per heavy atom. The topological polar surface area (TPSA) is 21.9 Å². The Balaban J connectivity index is 2.10. The Morgan fingerprint density at radius 3 is 1.70 bits per heavy atom. The van der Waals surface area contributed by atoms with Gasteiger partial charge in [-0.1, -0.05) is 146 Å². The van der Waals surface area contributed by atoms with Crippen molar-refractivity contribution in [2.45, 2.75) is 138 Å². The van der Waals surface area contributed by atoms with Crippen LogP contribution in [0.4, 0.5) is 0 Å². The molecule has 4 unspecified atom stereocenters. The molecule has 2 aromatic carbocycles. The summed E-state index contributed by atoms with van der Waals surface area (Å²) >= 11 is 3.66. The van der Waals surface area contributed by atoms with Crippen LogP contribution in [0.15, 0.2) is 48.5 Å². The lowest BCUT2D eigenvalue weighted by molar-refractivity contribution is -0.100. The molecular weight excluding hydrogens is 550 g/mol. The largest absolute Gasteiger partial charge is 0.302 e. The first-order chi connectivity index (χ1) is 18.1. The number of hydrogen-bond acceptors (Lipinski definition) is 1. The van der Waals surface area contributed by atoms with Gasteiger partial charge in [-0.15, -0.1) is 0 Å². The van der Waals surface area contributed by atoms with Crippen LogP contribution in [0.1, 0.15) is 137 Å². The van der Waals surface area contributed by atoms with Crippen LogP contribution in [0, 0.1) is 34.5 Å². The molecule has 0 radical (unpaired) electrons. The zero-order valence-electron chi connectivity index (χ0n) is 28.4. The molecule has 2 aromatic rings. The van der Waals surface area contributed by atoms with E-state index in [1.165, 1.54) is 28.7 Å². The van der Waals surface area contributed by atoms with Crippen LogP contribution in [0.3, 0.4) is 0 Å². The van der Waals surface area contributed by atoms with Crippen molar-refractivity contribution in [1.82, 2.24) is 5.32 Å². The molecule has 4 atom stereocenters. The van der Waals surface area contributed by atoms with E-state index in [1.54, 1.807) is 0 Å². The second-order valence-electron chi connectivity index (χ2n) is 16.6. The molecule has 1 saturated heterocycles. The summed E-state index contributed by atoms with van der Waals surface area (Å²) in [5.74, 6) is 1.53. The van der Waals surface area contributed by atoms with Crippen molar-refractivity contribution in [2.24, 2.45) is 27.6 Å². The summed E-state index contributed by atoms with van der Waals surface area (Å²) in [5, 5.41) is 5.05. The Bertz CT molecular complexity index is 1130. The SMILES string of the molecule is Cc1ccc(C(CC(C)C)C2(C)NC2(C)CC(c2ccc(CBr)cc2)C(C)(C)C(C)(C)C(C)(C)C(C)(C)C)cc1. The predicted molar refractivity (Wildman–Crippen MR) is 181 cm³/mol. The van der Waals surface area contributed by atoms with Crippen LogP contribution in [0.25, 0.3) is 0 Å². The van der Waals surface area contributed by atoms with Crippen molar-refractivity contribution < 1.29 is 0 Å². The molecule has 3 rings (SSSR count). The normalized spacial score (nSPS) is 23.8. The Kier molecular flexibility index (Phi) is 9.33. The summed E-state index contributed by atoms with van der Waals surface area (Å²) < 4.78 is 0. The number of rotatable bonds is 11. The highest BCUT2D eigenvalue weighted by molar-refractivity contribution is 9.08. The molecule has 0 aromatic heterocycles. The molecule has 1 fully saturated rings. The van der Waals surface area contributed by atoms with Crippen molar-refractivity contribution in [2.75, 3.05) is 0 Å². The number of nitrogens with one attached hydrogen (secondary N) is 1. The lowest BCUT2D eigenvalue weighted by atomic mass is 9.44. The van der Waals surface area contributed by atoms with Gasteiger partial charge < -0.3 is 5.32 Å². The highest BCUT2D eigenvalue weighted by Crippen LogP contribution is 2.65. The van der Waals surface area contributed by atoms with Gasteiger partial charge in [0.25, 0.3) is 0 Å². The molecule has 0 aliphatic carbocycles. The molecule has 1 aliphatic rings. The van der Waals surface area contributed by atoms with Gasteiger partial charge in [-0.25, -0.2) is 0 Å². The quantitative estimate of drug-likeness (QED) is 0.198. The molecule has 0 bridgehead atoms. The second-order valence-corrected chi connectivity index (χ2v) is 17.2. The van der Waals surface area contributed by atoms with E-state index < -0.39 is 0 Å². The molecule has 0 spiro atoms. The van der Waals surface area contributed by atoms with E-state index in [4.69, 9.17) is 0 Å². The van der Waals surface area contributed by atoms with Crippen LogP contribution in [0.5, 0.6) is 0 Å². The molecule has 2 heteroatoms. The number of benzene rings is 2. The third-order valence-electron chi connectivity index (χ3n) is 12.6. The monoisotopic (exact) mass is 609 g/mol. The molecule has 40 heavy (non-hydrogen) atoms. The molecule has 1 nitrogen and oxygen atoms in total. The Labute approximate surface area is 256 Å². The zero-order chi connectivity index (χ0) is 30.5. The highest BCUT2D eigenvalue weighted by atomic mass is 79.9. The van der Waals surface area contributed by atoms with E-state index in [1.807, 2.05) is 0 Å². The highest BCUT2D eigenvalue weighted by Gasteiger charge is 2.66. The van der Waals surface area contributed by atoms with Crippen molar-refractivity contribution in [1.29, 1.82) is 0 Å². The number of halogens is 1. The Morgan fingerprint density at radius 2 is 1.25 bits per heavy atom. The summed E-state index contributed by atoms with van der Waals surface area (Å²) in [7, 11) is 0. The second kappa shape index (κ2) is 11.2. The van der Waals surface area contributed by atoms with E-state index in [0.29, 0.717) is 17.8 Å². The minimum absolute atomic E-state index is 0.0469. The standard InChI is InChI=1S/C38H60BrN/c1-26(2)23-31(29-19-15-27(3)16-20-29)38(14)37(13,40-38)24-32(30-21-17-28(25-39)18-22-30)34(7,8)36(11,12)35(9,10)33(4,5)6/h15-22,26,31-32,40H,23-25H2,1-14H3.